The first-order valence-electron chi connectivity index (χ1n) is 7.84. The third-order valence-corrected chi connectivity index (χ3v) is 4.65. The molecule has 0 radical (unpaired) electrons. The van der Waals surface area contributed by atoms with Crippen molar-refractivity contribution >= 4 is 21.8 Å². The van der Waals surface area contributed by atoms with Crippen LogP contribution < -0.4 is 4.72 Å². The van der Waals surface area contributed by atoms with E-state index in [1.54, 1.807) is 24.4 Å². The Morgan fingerprint density at radius 2 is 1.80 bits per heavy atom. The van der Waals surface area contributed by atoms with Gasteiger partial charge in [0.05, 0.1) is 12.0 Å². The van der Waals surface area contributed by atoms with Crippen LogP contribution in [0.15, 0.2) is 72.4 Å². The van der Waals surface area contributed by atoms with Crippen LogP contribution in [0, 0.1) is 6.92 Å². The highest BCUT2D eigenvalue weighted by atomic mass is 32.2. The lowest BCUT2D eigenvalue weighted by atomic mass is 10.2. The van der Waals surface area contributed by atoms with Crippen molar-refractivity contribution in [1.82, 2.24) is 9.78 Å². The van der Waals surface area contributed by atoms with Gasteiger partial charge in [-0.2, -0.15) is 5.10 Å². The molecule has 3 aromatic rings. The lowest BCUT2D eigenvalue weighted by molar-refractivity contribution is 0.609. The first-order chi connectivity index (χ1) is 12.0. The van der Waals surface area contributed by atoms with E-state index in [4.69, 9.17) is 0 Å². The number of anilines is 1. The van der Waals surface area contributed by atoms with Crippen LogP contribution in [0.1, 0.15) is 16.7 Å². The Bertz CT molecular complexity index is 943. The van der Waals surface area contributed by atoms with Gasteiger partial charge in [0.25, 0.3) is 10.0 Å². The predicted molar refractivity (Wildman–Crippen MR) is 101 cm³/mol. The number of aromatic nitrogens is 2. The van der Waals surface area contributed by atoms with Gasteiger partial charge in [0.2, 0.25) is 0 Å². The number of nitrogens with one attached hydrogen (secondary N) is 1. The largest absolute Gasteiger partial charge is 0.280 e. The Kier molecular flexibility index (Phi) is 5.00. The summed E-state index contributed by atoms with van der Waals surface area (Å²) in [5, 5.41) is 5.32. The fraction of sp³-hybridized carbons (Fsp3) is 0.105. The number of rotatable bonds is 6. The van der Waals surface area contributed by atoms with Gasteiger partial charge >= 0.3 is 0 Å². The Hall–Kier alpha value is -2.86. The SMILES string of the molecule is Cc1ccc(C=CS(=O)(=O)Nc2ccc(Cn3cccn3)cc2)cc1. The Morgan fingerprint density at radius 3 is 2.44 bits per heavy atom. The van der Waals surface area contributed by atoms with Crippen LogP contribution in [0.3, 0.4) is 0 Å². The minimum absolute atomic E-state index is 0.526. The van der Waals surface area contributed by atoms with Crippen LogP contribution in [0.4, 0.5) is 5.69 Å². The fourth-order valence-electron chi connectivity index (χ4n) is 2.30. The molecule has 6 heteroatoms. The van der Waals surface area contributed by atoms with Gasteiger partial charge in [-0.3, -0.25) is 9.40 Å². The fourth-order valence-corrected chi connectivity index (χ4v) is 3.17. The maximum Gasteiger partial charge on any atom is 0.255 e. The number of hydrogen-bond acceptors (Lipinski definition) is 3. The van der Waals surface area contributed by atoms with Gasteiger partial charge in [-0.25, -0.2) is 8.42 Å². The average molecular weight is 353 g/mol. The monoisotopic (exact) mass is 353 g/mol. The molecule has 0 aliphatic carbocycles. The van der Waals surface area contributed by atoms with E-state index in [0.29, 0.717) is 12.2 Å². The van der Waals surface area contributed by atoms with Crippen LogP contribution in [0.5, 0.6) is 0 Å². The lowest BCUT2D eigenvalue weighted by Gasteiger charge is -2.06. The zero-order valence-electron chi connectivity index (χ0n) is 13.8. The molecule has 25 heavy (non-hydrogen) atoms. The molecule has 128 valence electrons. The van der Waals surface area contributed by atoms with Crippen LogP contribution in [0.2, 0.25) is 0 Å². The van der Waals surface area contributed by atoms with Crippen molar-refractivity contribution in [3.05, 3.63) is 89.1 Å². The van der Waals surface area contributed by atoms with E-state index >= 15 is 0 Å². The predicted octanol–water partition coefficient (Wildman–Crippen LogP) is 3.65. The van der Waals surface area contributed by atoms with Crippen molar-refractivity contribution in [2.45, 2.75) is 13.5 Å². The van der Waals surface area contributed by atoms with Crippen LogP contribution in [0.25, 0.3) is 6.08 Å². The second-order valence-electron chi connectivity index (χ2n) is 5.76. The molecule has 0 bridgehead atoms. The standard InChI is InChI=1S/C19H19N3O2S/c1-16-3-5-17(6-4-16)11-14-25(23,24)21-19-9-7-18(8-10-19)15-22-13-2-12-20-22/h2-14,21H,15H2,1H3. The van der Waals surface area contributed by atoms with E-state index in [1.165, 1.54) is 5.41 Å². The van der Waals surface area contributed by atoms with E-state index in [0.717, 1.165) is 16.7 Å². The summed E-state index contributed by atoms with van der Waals surface area (Å²) < 4.78 is 28.7. The van der Waals surface area contributed by atoms with Gasteiger partial charge < -0.3 is 0 Å². The lowest BCUT2D eigenvalue weighted by Crippen LogP contribution is -2.09. The Morgan fingerprint density at radius 1 is 1.08 bits per heavy atom. The molecule has 0 amide bonds. The molecule has 0 saturated carbocycles. The smallest absolute Gasteiger partial charge is 0.255 e. The van der Waals surface area contributed by atoms with E-state index in [9.17, 15) is 8.42 Å². The molecule has 0 unspecified atom stereocenters. The summed E-state index contributed by atoms with van der Waals surface area (Å²) in [6.07, 6.45) is 5.18. The molecule has 1 aromatic heterocycles. The molecule has 0 fully saturated rings. The highest BCUT2D eigenvalue weighted by Gasteiger charge is 2.06. The molecule has 0 aliphatic rings. The van der Waals surface area contributed by atoms with E-state index in [2.05, 4.69) is 9.82 Å². The summed E-state index contributed by atoms with van der Waals surface area (Å²) in [6.45, 7) is 2.63. The first-order valence-corrected chi connectivity index (χ1v) is 9.39. The quantitative estimate of drug-likeness (QED) is 0.736. The van der Waals surface area contributed by atoms with Crippen LogP contribution in [-0.4, -0.2) is 18.2 Å². The number of hydrogen-bond donors (Lipinski definition) is 1. The maximum absolute atomic E-state index is 12.2. The topological polar surface area (TPSA) is 64.0 Å². The minimum Gasteiger partial charge on any atom is -0.280 e. The van der Waals surface area contributed by atoms with E-state index in [1.807, 2.05) is 60.3 Å². The highest BCUT2D eigenvalue weighted by molar-refractivity contribution is 7.95. The van der Waals surface area contributed by atoms with Gasteiger partial charge in [0.15, 0.2) is 0 Å². The summed E-state index contributed by atoms with van der Waals surface area (Å²) in [7, 11) is -3.55. The second-order valence-corrected chi connectivity index (χ2v) is 7.33. The van der Waals surface area contributed by atoms with Crippen LogP contribution in [-0.2, 0) is 16.6 Å². The van der Waals surface area contributed by atoms with Gasteiger partial charge in [-0.1, -0.05) is 42.0 Å². The van der Waals surface area contributed by atoms with Gasteiger partial charge in [-0.15, -0.1) is 0 Å². The number of aryl methyl sites for hydroxylation is 1. The van der Waals surface area contributed by atoms with Crippen molar-refractivity contribution in [2.75, 3.05) is 4.72 Å². The molecule has 0 atom stereocenters. The number of sulfonamides is 1. The first kappa shape index (κ1) is 17.0. The molecule has 0 aliphatic heterocycles. The molecule has 1 heterocycles. The zero-order chi connectivity index (χ0) is 17.7. The van der Waals surface area contributed by atoms with Gasteiger partial charge in [0, 0.05) is 18.1 Å². The molecule has 3 rings (SSSR count). The van der Waals surface area contributed by atoms with Crippen molar-refractivity contribution in [3.8, 4) is 0 Å². The molecule has 2 aromatic carbocycles. The molecule has 5 nitrogen and oxygen atoms in total. The summed E-state index contributed by atoms with van der Waals surface area (Å²) in [4.78, 5) is 0. The Labute approximate surface area is 147 Å². The van der Waals surface area contributed by atoms with Gasteiger partial charge in [-0.05, 0) is 42.3 Å². The third kappa shape index (κ3) is 5.06. The summed E-state index contributed by atoms with van der Waals surface area (Å²) in [5.74, 6) is 0. The molecule has 1 N–H and O–H groups in total. The summed E-state index contributed by atoms with van der Waals surface area (Å²) in [5.41, 5.74) is 3.54. The number of benzene rings is 2. The second kappa shape index (κ2) is 7.36. The maximum atomic E-state index is 12.2. The van der Waals surface area contributed by atoms with E-state index < -0.39 is 10.0 Å². The molecular weight excluding hydrogens is 334 g/mol. The Balaban J connectivity index is 1.65. The molecule has 0 spiro atoms. The van der Waals surface area contributed by atoms with Crippen LogP contribution >= 0.6 is 0 Å². The average Bonchev–Trinajstić information content (AvgIpc) is 3.09. The van der Waals surface area contributed by atoms with Crippen molar-refractivity contribution in [3.63, 3.8) is 0 Å². The van der Waals surface area contributed by atoms with Gasteiger partial charge in [0.1, 0.15) is 0 Å². The van der Waals surface area contributed by atoms with Crippen molar-refractivity contribution in [2.24, 2.45) is 0 Å². The van der Waals surface area contributed by atoms with E-state index in [-0.39, 0.29) is 0 Å². The molecule has 0 saturated heterocycles. The van der Waals surface area contributed by atoms with Crippen molar-refractivity contribution < 1.29 is 8.42 Å². The normalized spacial score (nSPS) is 11.7. The summed E-state index contributed by atoms with van der Waals surface area (Å²) in [6, 6.07) is 16.8. The minimum atomic E-state index is -3.55. The third-order valence-electron chi connectivity index (χ3n) is 3.63. The molecular formula is C19H19N3O2S. The summed E-state index contributed by atoms with van der Waals surface area (Å²) >= 11 is 0. The zero-order valence-corrected chi connectivity index (χ0v) is 14.6. The van der Waals surface area contributed by atoms with Crippen molar-refractivity contribution in [1.29, 1.82) is 0 Å². The number of nitrogens with zero attached hydrogens (tertiary/aromatic N) is 2. The highest BCUT2D eigenvalue weighted by Crippen LogP contribution is 2.14.